The minimum absolute atomic E-state index is 0.111. The lowest BCUT2D eigenvalue weighted by Gasteiger charge is -2.19. The number of carbonyl (C=O) groups is 3. The highest BCUT2D eigenvalue weighted by Crippen LogP contribution is 2.19. The number of hydrogen-bond acceptors (Lipinski definition) is 5. The molecular weight excluding hydrogens is 448 g/mol. The van der Waals surface area contributed by atoms with Crippen molar-refractivity contribution in [3.63, 3.8) is 0 Å². The minimum atomic E-state index is -1.15. The Morgan fingerprint density at radius 2 is 1.63 bits per heavy atom. The van der Waals surface area contributed by atoms with E-state index in [-0.39, 0.29) is 18.0 Å². The van der Waals surface area contributed by atoms with Gasteiger partial charge in [0.2, 0.25) is 5.91 Å². The number of nitrogens with zero attached hydrogens (tertiary/aromatic N) is 2. The predicted octanol–water partition coefficient (Wildman–Crippen LogP) is 2.93. The van der Waals surface area contributed by atoms with E-state index in [0.717, 1.165) is 11.1 Å². The number of amides is 2. The van der Waals surface area contributed by atoms with Crippen LogP contribution < -0.4 is 16.2 Å². The molecule has 0 saturated carbocycles. The molecule has 2 unspecified atom stereocenters. The quantitative estimate of drug-likeness (QED) is 0.484. The number of rotatable bonds is 8. The molecule has 0 aliphatic heterocycles. The normalized spacial score (nSPS) is 12.5. The molecule has 0 aliphatic rings. The van der Waals surface area contributed by atoms with E-state index >= 15 is 0 Å². The zero-order valence-electron chi connectivity index (χ0n) is 20.5. The van der Waals surface area contributed by atoms with Crippen LogP contribution in [-0.4, -0.2) is 33.3 Å². The van der Waals surface area contributed by atoms with Gasteiger partial charge < -0.3 is 15.4 Å². The van der Waals surface area contributed by atoms with Gasteiger partial charge in [0, 0.05) is 14.0 Å². The third-order valence-electron chi connectivity index (χ3n) is 5.71. The first-order chi connectivity index (χ1) is 16.6. The number of hydrogen-bond donors (Lipinski definition) is 2. The summed E-state index contributed by atoms with van der Waals surface area (Å²) in [5.41, 5.74) is 2.72. The summed E-state index contributed by atoms with van der Waals surface area (Å²) >= 11 is 0. The smallest absolute Gasteiger partial charge is 0.309 e. The van der Waals surface area contributed by atoms with E-state index in [1.807, 2.05) is 49.4 Å². The lowest BCUT2D eigenvalue weighted by atomic mass is 10.0. The highest BCUT2D eigenvalue weighted by molar-refractivity contribution is 5.95. The van der Waals surface area contributed by atoms with Gasteiger partial charge in [0.15, 0.2) is 6.10 Å². The molecule has 3 aromatic rings. The summed E-state index contributed by atoms with van der Waals surface area (Å²) in [6, 6.07) is 15.9. The van der Waals surface area contributed by atoms with Crippen LogP contribution in [-0.2, 0) is 26.2 Å². The number of ether oxygens (including phenoxy) is 1. The van der Waals surface area contributed by atoms with Crippen molar-refractivity contribution in [1.29, 1.82) is 0 Å². The SMILES string of the molecule is CC(=O)NC(CC(=O)OC(C)C(=O)Nc1c(C)n(C)n(-c2ccccc2)c1=O)c1ccc(C)cc1. The van der Waals surface area contributed by atoms with Crippen molar-refractivity contribution in [1.82, 2.24) is 14.7 Å². The molecule has 1 heterocycles. The standard InChI is InChI=1S/C26H30N4O5/c1-16-11-13-20(14-12-16)22(27-19(4)31)15-23(32)35-18(3)25(33)28-24-17(2)29(5)30(26(24)34)21-9-7-6-8-10-21/h6-14,18,22H,15H2,1-5H3,(H,27,31)(H,28,33). The van der Waals surface area contributed by atoms with Gasteiger partial charge in [-0.1, -0.05) is 48.0 Å². The maximum atomic E-state index is 13.0. The van der Waals surface area contributed by atoms with Crippen LogP contribution in [0.3, 0.4) is 0 Å². The molecule has 0 fully saturated rings. The second kappa shape index (κ2) is 10.9. The Bertz CT molecular complexity index is 1280. The molecule has 9 heteroatoms. The number of benzene rings is 2. The van der Waals surface area contributed by atoms with Crippen molar-refractivity contribution in [2.24, 2.45) is 7.05 Å². The lowest BCUT2D eigenvalue weighted by molar-refractivity contribution is -0.153. The molecule has 9 nitrogen and oxygen atoms in total. The Labute approximate surface area is 203 Å². The number of carbonyl (C=O) groups excluding carboxylic acids is 3. The average Bonchev–Trinajstić information content (AvgIpc) is 3.02. The fourth-order valence-corrected chi connectivity index (χ4v) is 3.70. The summed E-state index contributed by atoms with van der Waals surface area (Å²) in [6.07, 6.45) is -1.30. The predicted molar refractivity (Wildman–Crippen MR) is 132 cm³/mol. The Balaban J connectivity index is 1.70. The summed E-state index contributed by atoms with van der Waals surface area (Å²) in [6.45, 7) is 6.45. The summed E-state index contributed by atoms with van der Waals surface area (Å²) in [4.78, 5) is 50.0. The van der Waals surface area contributed by atoms with Crippen LogP contribution >= 0.6 is 0 Å². The Kier molecular flexibility index (Phi) is 7.91. The molecule has 2 atom stereocenters. The second-order valence-electron chi connectivity index (χ2n) is 8.43. The topological polar surface area (TPSA) is 111 Å². The summed E-state index contributed by atoms with van der Waals surface area (Å²) in [7, 11) is 1.72. The number of anilines is 1. The molecule has 0 aliphatic carbocycles. The Morgan fingerprint density at radius 1 is 1.00 bits per heavy atom. The van der Waals surface area contributed by atoms with Crippen molar-refractivity contribution in [2.75, 3.05) is 5.32 Å². The highest BCUT2D eigenvalue weighted by atomic mass is 16.5. The Hall–Kier alpha value is -4.14. The van der Waals surface area contributed by atoms with E-state index in [1.165, 1.54) is 18.5 Å². The number of nitrogens with one attached hydrogen (secondary N) is 2. The minimum Gasteiger partial charge on any atom is -0.452 e. The van der Waals surface area contributed by atoms with Gasteiger partial charge in [0.25, 0.3) is 11.5 Å². The van der Waals surface area contributed by atoms with Crippen molar-refractivity contribution in [3.05, 3.63) is 81.8 Å². The highest BCUT2D eigenvalue weighted by Gasteiger charge is 2.25. The second-order valence-corrected chi connectivity index (χ2v) is 8.43. The van der Waals surface area contributed by atoms with Crippen LogP contribution in [0, 0.1) is 13.8 Å². The molecule has 184 valence electrons. The number of aryl methyl sites for hydroxylation is 1. The van der Waals surface area contributed by atoms with Gasteiger partial charge in [-0.3, -0.25) is 23.9 Å². The molecule has 0 bridgehead atoms. The molecular formula is C26H30N4O5. The van der Waals surface area contributed by atoms with Crippen molar-refractivity contribution < 1.29 is 19.1 Å². The molecule has 3 rings (SSSR count). The van der Waals surface area contributed by atoms with E-state index in [1.54, 1.807) is 30.8 Å². The number of para-hydroxylation sites is 1. The van der Waals surface area contributed by atoms with Crippen LogP contribution in [0.5, 0.6) is 0 Å². The average molecular weight is 479 g/mol. The number of esters is 1. The molecule has 0 radical (unpaired) electrons. The van der Waals surface area contributed by atoms with Gasteiger partial charge in [-0.2, -0.15) is 0 Å². The fraction of sp³-hybridized carbons (Fsp3) is 0.308. The number of aromatic nitrogens is 2. The van der Waals surface area contributed by atoms with Gasteiger partial charge in [0.1, 0.15) is 5.69 Å². The Morgan fingerprint density at radius 3 is 2.23 bits per heavy atom. The summed E-state index contributed by atoms with van der Waals surface area (Å²) in [5.74, 6) is -1.57. The van der Waals surface area contributed by atoms with Crippen LogP contribution in [0.4, 0.5) is 5.69 Å². The molecule has 0 spiro atoms. The summed E-state index contributed by atoms with van der Waals surface area (Å²) in [5, 5.41) is 5.34. The first-order valence-electron chi connectivity index (χ1n) is 11.3. The molecule has 35 heavy (non-hydrogen) atoms. The van der Waals surface area contributed by atoms with Gasteiger partial charge >= 0.3 is 5.97 Å². The third-order valence-corrected chi connectivity index (χ3v) is 5.71. The van der Waals surface area contributed by atoms with E-state index in [0.29, 0.717) is 11.4 Å². The molecule has 2 amide bonds. The van der Waals surface area contributed by atoms with Crippen LogP contribution in [0.15, 0.2) is 59.4 Å². The van der Waals surface area contributed by atoms with E-state index in [4.69, 9.17) is 4.74 Å². The first-order valence-corrected chi connectivity index (χ1v) is 11.3. The zero-order valence-corrected chi connectivity index (χ0v) is 20.5. The van der Waals surface area contributed by atoms with Crippen molar-refractivity contribution in [3.8, 4) is 5.69 Å². The van der Waals surface area contributed by atoms with Crippen LogP contribution in [0.25, 0.3) is 5.69 Å². The monoisotopic (exact) mass is 478 g/mol. The van der Waals surface area contributed by atoms with Crippen LogP contribution in [0.1, 0.15) is 43.1 Å². The molecule has 0 saturated heterocycles. The first kappa shape index (κ1) is 25.5. The van der Waals surface area contributed by atoms with Gasteiger partial charge in [-0.05, 0) is 38.5 Å². The van der Waals surface area contributed by atoms with E-state index in [2.05, 4.69) is 10.6 Å². The molecule has 1 aromatic heterocycles. The molecule has 2 N–H and O–H groups in total. The van der Waals surface area contributed by atoms with Gasteiger partial charge in [-0.15, -0.1) is 0 Å². The van der Waals surface area contributed by atoms with Crippen molar-refractivity contribution in [2.45, 2.75) is 46.3 Å². The summed E-state index contributed by atoms with van der Waals surface area (Å²) < 4.78 is 8.41. The molecule has 2 aromatic carbocycles. The maximum absolute atomic E-state index is 13.0. The third kappa shape index (κ3) is 6.06. The maximum Gasteiger partial charge on any atom is 0.309 e. The lowest BCUT2D eigenvalue weighted by Crippen LogP contribution is -2.34. The van der Waals surface area contributed by atoms with Gasteiger partial charge in [0.05, 0.1) is 23.8 Å². The van der Waals surface area contributed by atoms with Gasteiger partial charge in [-0.25, -0.2) is 4.68 Å². The zero-order chi connectivity index (χ0) is 25.7. The van der Waals surface area contributed by atoms with Crippen molar-refractivity contribution >= 4 is 23.5 Å². The van der Waals surface area contributed by atoms with Crippen LogP contribution in [0.2, 0.25) is 0 Å². The van der Waals surface area contributed by atoms with E-state index in [9.17, 15) is 19.2 Å². The largest absolute Gasteiger partial charge is 0.452 e. The fourth-order valence-electron chi connectivity index (χ4n) is 3.70. The van der Waals surface area contributed by atoms with E-state index < -0.39 is 29.6 Å².